The average molecular weight is 411 g/mol. The van der Waals surface area contributed by atoms with Crippen LogP contribution in [0.1, 0.15) is 85.5 Å². The molecule has 3 heteroatoms. The van der Waals surface area contributed by atoms with Gasteiger partial charge in [0.25, 0.3) is 0 Å². The third kappa shape index (κ3) is 2.56. The van der Waals surface area contributed by atoms with Gasteiger partial charge in [-0.05, 0) is 92.8 Å². The molecule has 164 valence electrons. The van der Waals surface area contributed by atoms with Gasteiger partial charge in [-0.3, -0.25) is 9.59 Å². The first-order valence-electron chi connectivity index (χ1n) is 12.2. The topological polar surface area (TPSA) is 43.4 Å². The summed E-state index contributed by atoms with van der Waals surface area (Å²) in [5, 5.41) is 0. The lowest BCUT2D eigenvalue weighted by atomic mass is 9.44. The quantitative estimate of drug-likeness (QED) is 0.412. The molecule has 0 aliphatic heterocycles. The molecule has 0 radical (unpaired) electrons. The summed E-state index contributed by atoms with van der Waals surface area (Å²) in [7, 11) is 0. The molecule has 3 fully saturated rings. The van der Waals surface area contributed by atoms with E-state index in [-0.39, 0.29) is 28.3 Å². The molecule has 0 aromatic rings. The van der Waals surface area contributed by atoms with Crippen LogP contribution in [-0.2, 0) is 14.3 Å². The van der Waals surface area contributed by atoms with Gasteiger partial charge >= 0.3 is 5.97 Å². The van der Waals surface area contributed by atoms with Crippen LogP contribution in [0.5, 0.6) is 0 Å². The van der Waals surface area contributed by atoms with Crippen molar-refractivity contribution in [3.05, 3.63) is 23.8 Å². The van der Waals surface area contributed by atoms with Gasteiger partial charge in [-0.2, -0.15) is 0 Å². The van der Waals surface area contributed by atoms with Crippen molar-refractivity contribution in [3.63, 3.8) is 0 Å². The highest BCUT2D eigenvalue weighted by Crippen LogP contribution is 2.73. The summed E-state index contributed by atoms with van der Waals surface area (Å²) in [6, 6.07) is 0. The van der Waals surface area contributed by atoms with Crippen LogP contribution in [0.15, 0.2) is 23.8 Å². The summed E-state index contributed by atoms with van der Waals surface area (Å²) in [4.78, 5) is 24.6. The van der Waals surface area contributed by atoms with Crippen LogP contribution in [0.25, 0.3) is 0 Å². The smallest absolute Gasteiger partial charge is 0.302 e. The average Bonchev–Trinajstić information content (AvgIpc) is 2.98. The van der Waals surface area contributed by atoms with E-state index < -0.39 is 0 Å². The summed E-state index contributed by atoms with van der Waals surface area (Å²) in [5.74, 6) is 2.90. The first kappa shape index (κ1) is 20.5. The zero-order valence-corrected chi connectivity index (χ0v) is 19.2. The maximum atomic E-state index is 13.2. The van der Waals surface area contributed by atoms with Crippen molar-refractivity contribution in [2.45, 2.75) is 91.6 Å². The van der Waals surface area contributed by atoms with Crippen LogP contribution in [0.4, 0.5) is 0 Å². The minimum atomic E-state index is -0.150. The molecule has 3 nitrogen and oxygen atoms in total. The maximum absolute atomic E-state index is 13.2. The van der Waals surface area contributed by atoms with Crippen LogP contribution in [-0.4, -0.2) is 17.9 Å². The van der Waals surface area contributed by atoms with Gasteiger partial charge in [-0.1, -0.05) is 37.6 Å². The summed E-state index contributed by atoms with van der Waals surface area (Å²) < 4.78 is 5.59. The molecule has 0 heterocycles. The van der Waals surface area contributed by atoms with Gasteiger partial charge in [0, 0.05) is 18.8 Å². The molecule has 30 heavy (non-hydrogen) atoms. The highest BCUT2D eigenvalue weighted by atomic mass is 16.5. The van der Waals surface area contributed by atoms with E-state index in [1.807, 2.05) is 6.92 Å². The van der Waals surface area contributed by atoms with E-state index in [0.29, 0.717) is 29.5 Å². The van der Waals surface area contributed by atoms with Gasteiger partial charge in [0.15, 0.2) is 0 Å². The standard InChI is InChI=1S/C27H38O3/c1-17(28)27-12-6-5-7-20(27)16-24-22-9-8-19-15-21(30-18(2)29)10-13-25(19,3)23(22)11-14-26(24,27)4/h5-6,8,20-24H,7,9-16H2,1-4H3. The largest absolute Gasteiger partial charge is 0.462 e. The molecule has 3 saturated carbocycles. The zero-order chi connectivity index (χ0) is 21.3. The third-order valence-corrected chi connectivity index (χ3v) is 10.7. The fourth-order valence-corrected chi connectivity index (χ4v) is 9.31. The van der Waals surface area contributed by atoms with E-state index >= 15 is 0 Å². The van der Waals surface area contributed by atoms with Crippen molar-refractivity contribution >= 4 is 11.8 Å². The summed E-state index contributed by atoms with van der Waals surface area (Å²) in [6.45, 7) is 8.38. The molecule has 0 aromatic carbocycles. The van der Waals surface area contributed by atoms with Gasteiger partial charge in [0.2, 0.25) is 0 Å². The van der Waals surface area contributed by atoms with Crippen molar-refractivity contribution in [2.24, 2.45) is 39.9 Å². The number of Topliss-reactive ketones (excluding diaryl/α,β-unsaturated/α-hetero) is 1. The highest BCUT2D eigenvalue weighted by Gasteiger charge is 2.68. The lowest BCUT2D eigenvalue weighted by molar-refractivity contribution is -0.150. The van der Waals surface area contributed by atoms with E-state index in [1.165, 1.54) is 26.2 Å². The number of ether oxygens (including phenoxy) is 1. The summed E-state index contributed by atoms with van der Waals surface area (Å²) in [6.07, 6.45) is 17.1. The van der Waals surface area contributed by atoms with Gasteiger partial charge in [0.1, 0.15) is 11.9 Å². The second-order valence-electron chi connectivity index (χ2n) is 11.6. The predicted octanol–water partition coefficient (Wildman–Crippen LogP) is 6.03. The maximum Gasteiger partial charge on any atom is 0.302 e. The van der Waals surface area contributed by atoms with Gasteiger partial charge in [0.05, 0.1) is 0 Å². The predicted molar refractivity (Wildman–Crippen MR) is 118 cm³/mol. The highest BCUT2D eigenvalue weighted by molar-refractivity contribution is 5.85. The minimum absolute atomic E-state index is 0.0636. The molecule has 5 rings (SSSR count). The molecule has 0 aromatic heterocycles. The van der Waals surface area contributed by atoms with Crippen LogP contribution in [0.3, 0.4) is 0 Å². The van der Waals surface area contributed by atoms with E-state index in [0.717, 1.165) is 38.5 Å². The fourth-order valence-electron chi connectivity index (χ4n) is 9.31. The number of esters is 1. The van der Waals surface area contributed by atoms with Crippen molar-refractivity contribution in [3.8, 4) is 0 Å². The normalized spacial score (nSPS) is 49.2. The molecule has 5 aliphatic rings. The second kappa shape index (κ2) is 6.81. The number of carbonyl (C=O) groups excluding carboxylic acids is 2. The minimum Gasteiger partial charge on any atom is -0.462 e. The van der Waals surface area contributed by atoms with Gasteiger partial charge < -0.3 is 4.74 Å². The Morgan fingerprint density at radius 2 is 1.83 bits per heavy atom. The Hall–Kier alpha value is -1.38. The van der Waals surface area contributed by atoms with Crippen LogP contribution >= 0.6 is 0 Å². The molecular weight excluding hydrogens is 372 g/mol. The molecule has 0 saturated heterocycles. The zero-order valence-electron chi connectivity index (χ0n) is 19.2. The Balaban J connectivity index is 1.47. The fraction of sp³-hybridized carbons (Fsp3) is 0.778. The number of hydrogen-bond acceptors (Lipinski definition) is 3. The number of hydrogen-bond donors (Lipinski definition) is 0. The van der Waals surface area contributed by atoms with Crippen LogP contribution in [0, 0.1) is 39.9 Å². The second-order valence-corrected chi connectivity index (χ2v) is 11.6. The Morgan fingerprint density at radius 1 is 1.03 bits per heavy atom. The summed E-state index contributed by atoms with van der Waals surface area (Å²) >= 11 is 0. The number of carbonyl (C=O) groups is 2. The molecule has 0 spiro atoms. The first-order chi connectivity index (χ1) is 14.2. The van der Waals surface area contributed by atoms with E-state index in [2.05, 4.69) is 32.1 Å². The molecule has 8 atom stereocenters. The Bertz CT molecular complexity index is 824. The molecule has 0 amide bonds. The number of rotatable bonds is 2. The van der Waals surface area contributed by atoms with E-state index in [1.54, 1.807) is 5.57 Å². The van der Waals surface area contributed by atoms with Crippen molar-refractivity contribution in [1.82, 2.24) is 0 Å². The third-order valence-electron chi connectivity index (χ3n) is 10.7. The summed E-state index contributed by atoms with van der Waals surface area (Å²) in [5.41, 5.74) is 1.81. The Kier molecular flexibility index (Phi) is 4.66. The monoisotopic (exact) mass is 410 g/mol. The lowest BCUT2D eigenvalue weighted by Gasteiger charge is -2.60. The molecule has 8 unspecified atom stereocenters. The van der Waals surface area contributed by atoms with Crippen LogP contribution in [0.2, 0.25) is 0 Å². The Morgan fingerprint density at radius 3 is 2.57 bits per heavy atom. The van der Waals surface area contributed by atoms with Crippen molar-refractivity contribution < 1.29 is 14.3 Å². The van der Waals surface area contributed by atoms with Crippen molar-refractivity contribution in [1.29, 1.82) is 0 Å². The van der Waals surface area contributed by atoms with Gasteiger partial charge in [-0.25, -0.2) is 0 Å². The lowest BCUT2D eigenvalue weighted by Crippen LogP contribution is -2.55. The van der Waals surface area contributed by atoms with Crippen molar-refractivity contribution in [2.75, 3.05) is 0 Å². The first-order valence-corrected chi connectivity index (χ1v) is 12.2. The molecule has 5 aliphatic carbocycles. The molecule has 0 N–H and O–H groups in total. The van der Waals surface area contributed by atoms with Gasteiger partial charge in [-0.15, -0.1) is 0 Å². The molecular formula is C27H38O3. The van der Waals surface area contributed by atoms with E-state index in [9.17, 15) is 9.59 Å². The van der Waals surface area contributed by atoms with E-state index in [4.69, 9.17) is 4.74 Å². The SMILES string of the molecule is CC(=O)OC1CCC2(C)C(=CCC3C2CCC2(C)C3CC3CC=CCC32C(C)=O)C1. The molecule has 0 bridgehead atoms. The number of ketones is 1. The van der Waals surface area contributed by atoms with Crippen LogP contribution < -0.4 is 0 Å². The Labute approximate surface area is 181 Å². The number of fused-ring (bicyclic) bond motifs is 7. The number of allylic oxidation sites excluding steroid dienone is 3.